The van der Waals surface area contributed by atoms with Gasteiger partial charge in [-0.05, 0) is 37.6 Å². The summed E-state index contributed by atoms with van der Waals surface area (Å²) in [5.74, 6) is -0.414. The molecule has 6 heteroatoms. The third kappa shape index (κ3) is 2.27. The predicted molar refractivity (Wildman–Crippen MR) is 74.7 cm³/mol. The van der Waals surface area contributed by atoms with E-state index in [0.717, 1.165) is 32.6 Å². The van der Waals surface area contributed by atoms with E-state index < -0.39 is 5.97 Å². The second-order valence-corrected chi connectivity index (χ2v) is 5.30. The van der Waals surface area contributed by atoms with Gasteiger partial charge in [-0.25, -0.2) is 9.48 Å². The SMILES string of the molecule is CCN1CCC(Cn2nnc3cccc(C(=O)O)c32)C1. The highest BCUT2D eigenvalue weighted by atomic mass is 16.4. The quantitative estimate of drug-likeness (QED) is 0.914. The summed E-state index contributed by atoms with van der Waals surface area (Å²) in [7, 11) is 0. The predicted octanol–water partition coefficient (Wildman–Crippen LogP) is 1.47. The average Bonchev–Trinajstić information content (AvgIpc) is 3.06. The van der Waals surface area contributed by atoms with Gasteiger partial charge in [-0.2, -0.15) is 0 Å². The van der Waals surface area contributed by atoms with E-state index in [4.69, 9.17) is 0 Å². The smallest absolute Gasteiger partial charge is 0.337 e. The van der Waals surface area contributed by atoms with E-state index in [-0.39, 0.29) is 5.56 Å². The number of aromatic carboxylic acids is 1. The molecule has 2 aromatic rings. The van der Waals surface area contributed by atoms with Crippen molar-refractivity contribution in [2.45, 2.75) is 19.9 Å². The highest BCUT2D eigenvalue weighted by Gasteiger charge is 2.23. The molecule has 1 atom stereocenters. The molecule has 1 aromatic carbocycles. The first-order valence-corrected chi connectivity index (χ1v) is 6.97. The van der Waals surface area contributed by atoms with Crippen LogP contribution in [0.3, 0.4) is 0 Å². The molecule has 20 heavy (non-hydrogen) atoms. The first-order valence-electron chi connectivity index (χ1n) is 6.97. The van der Waals surface area contributed by atoms with Crippen molar-refractivity contribution < 1.29 is 9.90 Å². The number of aromatic nitrogens is 3. The van der Waals surface area contributed by atoms with E-state index in [2.05, 4.69) is 22.1 Å². The highest BCUT2D eigenvalue weighted by Crippen LogP contribution is 2.22. The van der Waals surface area contributed by atoms with Gasteiger partial charge in [0.05, 0.1) is 5.56 Å². The second-order valence-electron chi connectivity index (χ2n) is 5.30. The summed E-state index contributed by atoms with van der Waals surface area (Å²) in [4.78, 5) is 13.7. The summed E-state index contributed by atoms with van der Waals surface area (Å²) < 4.78 is 1.75. The lowest BCUT2D eigenvalue weighted by atomic mass is 10.1. The molecule has 106 valence electrons. The number of fused-ring (bicyclic) bond motifs is 1. The van der Waals surface area contributed by atoms with E-state index in [9.17, 15) is 9.90 Å². The maximum absolute atomic E-state index is 11.3. The number of carboxylic acids is 1. The average molecular weight is 274 g/mol. The summed E-state index contributed by atoms with van der Waals surface area (Å²) in [5.41, 5.74) is 1.56. The lowest BCUT2D eigenvalue weighted by molar-refractivity contribution is 0.0698. The van der Waals surface area contributed by atoms with Gasteiger partial charge < -0.3 is 10.0 Å². The van der Waals surface area contributed by atoms with Gasteiger partial charge in [-0.3, -0.25) is 0 Å². The summed E-state index contributed by atoms with van der Waals surface area (Å²) in [6, 6.07) is 5.12. The summed E-state index contributed by atoms with van der Waals surface area (Å²) >= 11 is 0. The third-order valence-corrected chi connectivity index (χ3v) is 4.01. The molecule has 0 saturated carbocycles. The molecular formula is C14H18N4O2. The lowest BCUT2D eigenvalue weighted by Gasteiger charge is -2.13. The van der Waals surface area contributed by atoms with Crippen molar-refractivity contribution >= 4 is 17.0 Å². The molecule has 1 aromatic heterocycles. The Morgan fingerprint density at radius 3 is 3.05 bits per heavy atom. The maximum atomic E-state index is 11.3. The molecule has 0 radical (unpaired) electrons. The first-order chi connectivity index (χ1) is 9.69. The molecule has 2 heterocycles. The van der Waals surface area contributed by atoms with Gasteiger partial charge in [0.2, 0.25) is 0 Å². The van der Waals surface area contributed by atoms with Crippen LogP contribution in [-0.4, -0.2) is 50.6 Å². The first kappa shape index (κ1) is 13.1. The summed E-state index contributed by atoms with van der Waals surface area (Å²) in [6.45, 7) is 6.12. The minimum Gasteiger partial charge on any atom is -0.478 e. The molecule has 1 unspecified atom stereocenters. The largest absolute Gasteiger partial charge is 0.478 e. The van der Waals surface area contributed by atoms with Crippen LogP contribution in [0.15, 0.2) is 18.2 Å². The van der Waals surface area contributed by atoms with Gasteiger partial charge in [-0.15, -0.1) is 5.10 Å². The number of benzene rings is 1. The maximum Gasteiger partial charge on any atom is 0.337 e. The Morgan fingerprint density at radius 1 is 1.50 bits per heavy atom. The van der Waals surface area contributed by atoms with Gasteiger partial charge in [0.1, 0.15) is 11.0 Å². The van der Waals surface area contributed by atoms with Crippen molar-refractivity contribution in [3.8, 4) is 0 Å². The number of hydrogen-bond acceptors (Lipinski definition) is 4. The van der Waals surface area contributed by atoms with Gasteiger partial charge in [0.15, 0.2) is 0 Å². The van der Waals surface area contributed by atoms with E-state index in [1.165, 1.54) is 0 Å². The Hall–Kier alpha value is -1.95. The van der Waals surface area contributed by atoms with E-state index in [1.807, 2.05) is 0 Å². The van der Waals surface area contributed by atoms with Gasteiger partial charge in [-0.1, -0.05) is 18.2 Å². The minimum atomic E-state index is -0.930. The van der Waals surface area contributed by atoms with Crippen LogP contribution in [0.4, 0.5) is 0 Å². The van der Waals surface area contributed by atoms with Gasteiger partial charge >= 0.3 is 5.97 Å². The van der Waals surface area contributed by atoms with E-state index >= 15 is 0 Å². The molecule has 3 rings (SSSR count). The number of hydrogen-bond donors (Lipinski definition) is 1. The highest BCUT2D eigenvalue weighted by molar-refractivity contribution is 6.00. The molecule has 1 aliphatic heterocycles. The third-order valence-electron chi connectivity index (χ3n) is 4.01. The Kier molecular flexibility index (Phi) is 3.40. The Balaban J connectivity index is 1.90. The molecule has 0 aliphatic carbocycles. The molecule has 0 amide bonds. The minimum absolute atomic E-state index is 0.276. The number of carboxylic acid groups (broad SMARTS) is 1. The standard InChI is InChI=1S/C14H18N4O2/c1-2-17-7-6-10(8-17)9-18-13-11(14(19)20)4-3-5-12(13)15-16-18/h3-5,10H,2,6-9H2,1H3,(H,19,20). The van der Waals surface area contributed by atoms with Crippen molar-refractivity contribution in [3.63, 3.8) is 0 Å². The van der Waals surface area contributed by atoms with E-state index in [1.54, 1.807) is 22.9 Å². The zero-order valence-corrected chi connectivity index (χ0v) is 11.5. The fraction of sp³-hybridized carbons (Fsp3) is 0.500. The lowest BCUT2D eigenvalue weighted by Crippen LogP contribution is -2.21. The molecule has 1 N–H and O–H groups in total. The van der Waals surface area contributed by atoms with Crippen LogP contribution in [0, 0.1) is 5.92 Å². The molecule has 0 bridgehead atoms. The van der Waals surface area contributed by atoms with Crippen LogP contribution in [-0.2, 0) is 6.54 Å². The number of nitrogens with zero attached hydrogens (tertiary/aromatic N) is 4. The monoisotopic (exact) mass is 274 g/mol. The second kappa shape index (κ2) is 5.20. The van der Waals surface area contributed by atoms with Crippen molar-refractivity contribution in [2.75, 3.05) is 19.6 Å². The van der Waals surface area contributed by atoms with Crippen LogP contribution in [0.25, 0.3) is 11.0 Å². The van der Waals surface area contributed by atoms with E-state index in [0.29, 0.717) is 17.0 Å². The number of carbonyl (C=O) groups is 1. The van der Waals surface area contributed by atoms with Crippen LogP contribution < -0.4 is 0 Å². The Bertz CT molecular complexity index is 637. The topological polar surface area (TPSA) is 71.2 Å². The molecule has 1 fully saturated rings. The molecule has 1 aliphatic rings. The van der Waals surface area contributed by atoms with Crippen molar-refractivity contribution in [1.82, 2.24) is 19.9 Å². The fourth-order valence-electron chi connectivity index (χ4n) is 2.92. The number of para-hydroxylation sites is 1. The van der Waals surface area contributed by atoms with Crippen LogP contribution in [0.5, 0.6) is 0 Å². The molecule has 1 saturated heterocycles. The summed E-state index contributed by atoms with van der Waals surface area (Å²) in [5, 5.41) is 17.5. The van der Waals surface area contributed by atoms with Crippen LogP contribution in [0.1, 0.15) is 23.7 Å². The number of rotatable bonds is 4. The number of likely N-dealkylation sites (tertiary alicyclic amines) is 1. The van der Waals surface area contributed by atoms with Gasteiger partial charge in [0.25, 0.3) is 0 Å². The normalized spacial score (nSPS) is 19.8. The van der Waals surface area contributed by atoms with Crippen LogP contribution in [0.2, 0.25) is 0 Å². The van der Waals surface area contributed by atoms with Crippen molar-refractivity contribution in [2.24, 2.45) is 5.92 Å². The van der Waals surface area contributed by atoms with Gasteiger partial charge in [0, 0.05) is 13.1 Å². The van der Waals surface area contributed by atoms with Crippen molar-refractivity contribution in [1.29, 1.82) is 0 Å². The zero-order valence-electron chi connectivity index (χ0n) is 11.5. The van der Waals surface area contributed by atoms with Crippen LogP contribution >= 0.6 is 0 Å². The fourth-order valence-corrected chi connectivity index (χ4v) is 2.92. The molecule has 0 spiro atoms. The Labute approximate surface area is 117 Å². The van der Waals surface area contributed by atoms with Crippen molar-refractivity contribution in [3.05, 3.63) is 23.8 Å². The molecular weight excluding hydrogens is 256 g/mol. The Morgan fingerprint density at radius 2 is 2.35 bits per heavy atom. The summed E-state index contributed by atoms with van der Waals surface area (Å²) in [6.07, 6.45) is 1.13. The zero-order chi connectivity index (χ0) is 14.1. The molecule has 6 nitrogen and oxygen atoms in total.